The average molecular weight is 502 g/mol. The molecule has 0 radical (unpaired) electrons. The zero-order valence-corrected chi connectivity index (χ0v) is 20.9. The average Bonchev–Trinajstić information content (AvgIpc) is 3.31. The second-order valence-electron chi connectivity index (χ2n) is 8.81. The summed E-state index contributed by atoms with van der Waals surface area (Å²) >= 11 is 12.8. The highest BCUT2D eigenvalue weighted by molar-refractivity contribution is 6.35. The number of ether oxygens (including phenoxy) is 1. The van der Waals surface area contributed by atoms with Crippen LogP contribution in [0.4, 0.5) is 5.69 Å². The standard InChI is InChI=1S/C26H29Cl2N3O3/c1-2-18-19-16-25(26(32)31-12-14-33-15-13-31)34-24(19)7-6-23(18)30-10-8-29(9-11-30)17-20-21(27)4-3-5-22(20)28/h3-7,16H,2,8-15,17H2,1H3. The first-order valence-electron chi connectivity index (χ1n) is 11.9. The third-order valence-corrected chi connectivity index (χ3v) is 7.51. The van der Waals surface area contributed by atoms with Crippen LogP contribution in [0.3, 0.4) is 0 Å². The maximum atomic E-state index is 12.9. The first-order valence-corrected chi connectivity index (χ1v) is 12.6. The Morgan fingerprint density at radius 1 is 0.941 bits per heavy atom. The largest absolute Gasteiger partial charge is 0.451 e. The Hall–Kier alpha value is -2.25. The fourth-order valence-corrected chi connectivity index (χ4v) is 5.42. The molecule has 2 fully saturated rings. The molecule has 0 atom stereocenters. The quantitative estimate of drug-likeness (QED) is 0.486. The minimum absolute atomic E-state index is 0.0602. The van der Waals surface area contributed by atoms with E-state index in [1.54, 1.807) is 4.90 Å². The number of halogens is 2. The third kappa shape index (κ3) is 4.65. The molecule has 5 rings (SSSR count). The molecule has 2 saturated heterocycles. The summed E-state index contributed by atoms with van der Waals surface area (Å²) in [4.78, 5) is 19.6. The van der Waals surface area contributed by atoms with Crippen LogP contribution in [-0.4, -0.2) is 68.2 Å². The number of piperazine rings is 1. The number of aryl methyl sites for hydroxylation is 1. The molecule has 0 aliphatic carbocycles. The molecule has 6 nitrogen and oxygen atoms in total. The number of furan rings is 1. The van der Waals surface area contributed by atoms with Crippen molar-refractivity contribution < 1.29 is 13.9 Å². The van der Waals surface area contributed by atoms with Gasteiger partial charge in [0.1, 0.15) is 5.58 Å². The second kappa shape index (κ2) is 10.2. The lowest BCUT2D eigenvalue weighted by atomic mass is 10.0. The van der Waals surface area contributed by atoms with Crippen molar-refractivity contribution in [3.05, 3.63) is 63.3 Å². The number of rotatable bonds is 5. The van der Waals surface area contributed by atoms with Crippen LogP contribution in [0.1, 0.15) is 28.6 Å². The van der Waals surface area contributed by atoms with E-state index in [-0.39, 0.29) is 5.91 Å². The number of benzene rings is 2. The highest BCUT2D eigenvalue weighted by Gasteiger charge is 2.25. The van der Waals surface area contributed by atoms with E-state index < -0.39 is 0 Å². The van der Waals surface area contributed by atoms with Crippen molar-refractivity contribution in [2.75, 3.05) is 57.4 Å². The number of carbonyl (C=O) groups excluding carboxylic acids is 1. The Morgan fingerprint density at radius 3 is 2.32 bits per heavy atom. The van der Waals surface area contributed by atoms with Crippen LogP contribution in [0.15, 0.2) is 40.8 Å². The molecule has 2 aromatic carbocycles. The van der Waals surface area contributed by atoms with Crippen LogP contribution in [0, 0.1) is 0 Å². The normalized spacial score (nSPS) is 17.5. The Bertz CT molecular complexity index is 1160. The molecule has 2 aliphatic rings. The lowest BCUT2D eigenvalue weighted by Crippen LogP contribution is -2.46. The van der Waals surface area contributed by atoms with Crippen LogP contribution >= 0.6 is 23.2 Å². The van der Waals surface area contributed by atoms with E-state index in [0.717, 1.165) is 65.7 Å². The van der Waals surface area contributed by atoms with E-state index in [9.17, 15) is 4.79 Å². The van der Waals surface area contributed by atoms with Crippen molar-refractivity contribution in [3.63, 3.8) is 0 Å². The Morgan fingerprint density at radius 2 is 1.65 bits per heavy atom. The van der Waals surface area contributed by atoms with Crippen LogP contribution in [-0.2, 0) is 17.7 Å². The first-order chi connectivity index (χ1) is 16.5. The number of nitrogens with zero attached hydrogens (tertiary/aromatic N) is 3. The van der Waals surface area contributed by atoms with Gasteiger partial charge in [0.2, 0.25) is 0 Å². The molecular weight excluding hydrogens is 473 g/mol. The molecule has 0 spiro atoms. The monoisotopic (exact) mass is 501 g/mol. The summed E-state index contributed by atoms with van der Waals surface area (Å²) in [6.45, 7) is 8.94. The van der Waals surface area contributed by atoms with Crippen molar-refractivity contribution in [2.24, 2.45) is 0 Å². The number of morpholine rings is 1. The summed E-state index contributed by atoms with van der Waals surface area (Å²) in [7, 11) is 0. The second-order valence-corrected chi connectivity index (χ2v) is 9.62. The molecular formula is C26H29Cl2N3O3. The summed E-state index contributed by atoms with van der Waals surface area (Å²) in [5, 5.41) is 2.47. The topological polar surface area (TPSA) is 49.2 Å². The van der Waals surface area contributed by atoms with Gasteiger partial charge < -0.3 is 19.0 Å². The minimum atomic E-state index is -0.0602. The van der Waals surface area contributed by atoms with Crippen molar-refractivity contribution in [1.82, 2.24) is 9.80 Å². The Labute approximate surface area is 209 Å². The third-order valence-electron chi connectivity index (χ3n) is 6.81. The minimum Gasteiger partial charge on any atom is -0.451 e. The van der Waals surface area contributed by atoms with E-state index in [1.165, 1.54) is 11.3 Å². The molecule has 34 heavy (non-hydrogen) atoms. The van der Waals surface area contributed by atoms with E-state index in [4.69, 9.17) is 32.4 Å². The molecule has 180 valence electrons. The fraction of sp³-hybridized carbons (Fsp3) is 0.423. The predicted molar refractivity (Wildman–Crippen MR) is 136 cm³/mol. The smallest absolute Gasteiger partial charge is 0.289 e. The van der Waals surface area contributed by atoms with Gasteiger partial charge in [-0.25, -0.2) is 0 Å². The van der Waals surface area contributed by atoms with Gasteiger partial charge in [-0.2, -0.15) is 0 Å². The number of anilines is 1. The highest BCUT2D eigenvalue weighted by atomic mass is 35.5. The van der Waals surface area contributed by atoms with E-state index in [2.05, 4.69) is 22.8 Å². The SMILES string of the molecule is CCc1c(N2CCN(Cc3c(Cl)cccc3Cl)CC2)ccc2oc(C(=O)N3CCOCC3)cc12. The van der Waals surface area contributed by atoms with Crippen molar-refractivity contribution in [3.8, 4) is 0 Å². The van der Waals surface area contributed by atoms with Gasteiger partial charge in [-0.15, -0.1) is 0 Å². The molecule has 0 N–H and O–H groups in total. The van der Waals surface area contributed by atoms with Crippen LogP contribution < -0.4 is 4.90 Å². The van der Waals surface area contributed by atoms with Gasteiger partial charge >= 0.3 is 0 Å². The van der Waals surface area contributed by atoms with Crippen molar-refractivity contribution in [1.29, 1.82) is 0 Å². The molecule has 3 heterocycles. The maximum Gasteiger partial charge on any atom is 0.289 e. The van der Waals surface area contributed by atoms with Gasteiger partial charge in [0.15, 0.2) is 5.76 Å². The Balaban J connectivity index is 1.32. The van der Waals surface area contributed by atoms with Crippen LogP contribution in [0.2, 0.25) is 10.0 Å². The summed E-state index contributed by atoms with van der Waals surface area (Å²) < 4.78 is 11.4. The molecule has 2 aliphatic heterocycles. The van der Waals surface area contributed by atoms with Gasteiger partial charge in [0.25, 0.3) is 5.91 Å². The van der Waals surface area contributed by atoms with Crippen LogP contribution in [0.25, 0.3) is 11.0 Å². The van der Waals surface area contributed by atoms with Gasteiger partial charge in [0, 0.05) is 72.5 Å². The van der Waals surface area contributed by atoms with E-state index >= 15 is 0 Å². The zero-order valence-electron chi connectivity index (χ0n) is 19.4. The highest BCUT2D eigenvalue weighted by Crippen LogP contribution is 2.33. The van der Waals surface area contributed by atoms with Crippen molar-refractivity contribution in [2.45, 2.75) is 19.9 Å². The lowest BCUT2D eigenvalue weighted by molar-refractivity contribution is 0.0284. The van der Waals surface area contributed by atoms with Gasteiger partial charge in [0.05, 0.1) is 13.2 Å². The summed E-state index contributed by atoms with van der Waals surface area (Å²) in [5.41, 5.74) is 4.21. The number of carbonyl (C=O) groups is 1. The molecule has 0 unspecified atom stereocenters. The van der Waals surface area contributed by atoms with E-state index in [0.29, 0.717) is 32.1 Å². The molecule has 8 heteroatoms. The number of amides is 1. The predicted octanol–water partition coefficient (Wildman–Crippen LogP) is 5.10. The Kier molecular flexibility index (Phi) is 7.02. The maximum absolute atomic E-state index is 12.9. The number of fused-ring (bicyclic) bond motifs is 1. The van der Waals surface area contributed by atoms with E-state index in [1.807, 2.05) is 30.3 Å². The molecule has 3 aromatic rings. The summed E-state index contributed by atoms with van der Waals surface area (Å²) in [5.74, 6) is 0.347. The lowest BCUT2D eigenvalue weighted by Gasteiger charge is -2.37. The molecule has 0 saturated carbocycles. The molecule has 1 amide bonds. The molecule has 1 aromatic heterocycles. The van der Waals surface area contributed by atoms with Gasteiger partial charge in [-0.05, 0) is 42.3 Å². The van der Waals surface area contributed by atoms with Crippen molar-refractivity contribution >= 4 is 45.8 Å². The first kappa shape index (κ1) is 23.5. The van der Waals surface area contributed by atoms with Gasteiger partial charge in [-0.3, -0.25) is 9.69 Å². The zero-order chi connectivity index (χ0) is 23.7. The number of hydrogen-bond acceptors (Lipinski definition) is 5. The van der Waals surface area contributed by atoms with Crippen LogP contribution in [0.5, 0.6) is 0 Å². The number of hydrogen-bond donors (Lipinski definition) is 0. The molecule has 0 bridgehead atoms. The summed E-state index contributed by atoms with van der Waals surface area (Å²) in [6, 6.07) is 11.7. The van der Waals surface area contributed by atoms with Gasteiger partial charge in [-0.1, -0.05) is 36.2 Å². The fourth-order valence-electron chi connectivity index (χ4n) is 4.91. The summed E-state index contributed by atoms with van der Waals surface area (Å²) in [6.07, 6.45) is 0.868.